The molecule has 4 rings (SSSR count). The highest BCUT2D eigenvalue weighted by Gasteiger charge is 2.19. The summed E-state index contributed by atoms with van der Waals surface area (Å²) < 4.78 is 5.60. The molecule has 5 nitrogen and oxygen atoms in total. The molecule has 29 heavy (non-hydrogen) atoms. The molecule has 1 N–H and O–H groups in total. The maximum Gasteiger partial charge on any atom is 0.287 e. The normalized spacial score (nSPS) is 15.0. The highest BCUT2D eigenvalue weighted by molar-refractivity contribution is 6.43. The lowest BCUT2D eigenvalue weighted by atomic mass is 10.2. The van der Waals surface area contributed by atoms with Gasteiger partial charge in [-0.3, -0.25) is 9.69 Å². The number of carbonyl (C=O) groups is 1. The van der Waals surface area contributed by atoms with Gasteiger partial charge in [0.25, 0.3) is 5.91 Å². The molecule has 2 aromatic carbocycles. The lowest BCUT2D eigenvalue weighted by molar-refractivity contribution is 0.0926. The van der Waals surface area contributed by atoms with Crippen LogP contribution in [-0.2, 0) is 0 Å². The van der Waals surface area contributed by atoms with Crippen molar-refractivity contribution >= 4 is 45.8 Å². The van der Waals surface area contributed by atoms with Crippen molar-refractivity contribution in [2.75, 3.05) is 44.2 Å². The summed E-state index contributed by atoms with van der Waals surface area (Å²) in [6, 6.07) is 15.2. The first-order chi connectivity index (χ1) is 14.1. The number of carbonyl (C=O) groups excluding carboxylic acids is 1. The van der Waals surface area contributed by atoms with Crippen LogP contribution in [0.25, 0.3) is 11.0 Å². The molecule has 2 heterocycles. The number of halogens is 2. The molecule has 1 fully saturated rings. The number of piperazine rings is 1. The maximum atomic E-state index is 12.3. The van der Waals surface area contributed by atoms with Crippen LogP contribution in [0.5, 0.6) is 0 Å². The van der Waals surface area contributed by atoms with Crippen LogP contribution in [0.2, 0.25) is 10.0 Å². The van der Waals surface area contributed by atoms with E-state index >= 15 is 0 Å². The first kappa shape index (κ1) is 20.1. The van der Waals surface area contributed by atoms with Crippen LogP contribution in [0.1, 0.15) is 17.0 Å². The molecule has 0 saturated carbocycles. The minimum Gasteiger partial charge on any atom is -0.451 e. The van der Waals surface area contributed by atoms with Crippen molar-refractivity contribution in [3.63, 3.8) is 0 Å². The predicted molar refractivity (Wildman–Crippen MR) is 118 cm³/mol. The summed E-state index contributed by atoms with van der Waals surface area (Å²) >= 11 is 12.5. The van der Waals surface area contributed by atoms with Gasteiger partial charge in [0, 0.05) is 38.1 Å². The van der Waals surface area contributed by atoms with Crippen molar-refractivity contribution in [3.05, 3.63) is 64.3 Å². The minimum absolute atomic E-state index is 0.165. The van der Waals surface area contributed by atoms with Crippen molar-refractivity contribution < 1.29 is 9.21 Å². The first-order valence-corrected chi connectivity index (χ1v) is 10.6. The average molecular weight is 432 g/mol. The monoisotopic (exact) mass is 431 g/mol. The number of anilines is 1. The largest absolute Gasteiger partial charge is 0.451 e. The summed E-state index contributed by atoms with van der Waals surface area (Å²) in [6.45, 7) is 5.30. The second kappa shape index (κ2) is 9.08. The molecule has 0 aliphatic carbocycles. The molecule has 1 aliphatic rings. The Morgan fingerprint density at radius 3 is 2.62 bits per heavy atom. The molecule has 0 radical (unpaired) electrons. The average Bonchev–Trinajstić information content (AvgIpc) is 3.18. The third-order valence-corrected chi connectivity index (χ3v) is 6.04. The van der Waals surface area contributed by atoms with Crippen LogP contribution in [0.15, 0.2) is 52.9 Å². The van der Waals surface area contributed by atoms with Crippen molar-refractivity contribution in [3.8, 4) is 0 Å². The Kier molecular flexibility index (Phi) is 6.28. The summed E-state index contributed by atoms with van der Waals surface area (Å²) in [6.07, 6.45) is 0.893. The zero-order valence-corrected chi connectivity index (χ0v) is 17.5. The van der Waals surface area contributed by atoms with Gasteiger partial charge in [-0.2, -0.15) is 0 Å². The number of hydrogen-bond acceptors (Lipinski definition) is 4. The van der Waals surface area contributed by atoms with Crippen LogP contribution < -0.4 is 10.2 Å². The van der Waals surface area contributed by atoms with Gasteiger partial charge in [-0.25, -0.2) is 0 Å². The number of benzene rings is 2. The second-order valence-corrected chi connectivity index (χ2v) is 7.94. The minimum atomic E-state index is -0.165. The van der Waals surface area contributed by atoms with Crippen molar-refractivity contribution in [2.45, 2.75) is 6.42 Å². The van der Waals surface area contributed by atoms with Crippen molar-refractivity contribution in [1.29, 1.82) is 0 Å². The van der Waals surface area contributed by atoms with E-state index in [4.69, 9.17) is 27.6 Å². The fourth-order valence-electron chi connectivity index (χ4n) is 3.63. The van der Waals surface area contributed by atoms with Crippen molar-refractivity contribution in [2.24, 2.45) is 0 Å². The van der Waals surface area contributed by atoms with Gasteiger partial charge in [-0.05, 0) is 37.2 Å². The topological polar surface area (TPSA) is 48.7 Å². The Morgan fingerprint density at radius 2 is 1.83 bits per heavy atom. The van der Waals surface area contributed by atoms with Gasteiger partial charge in [0.1, 0.15) is 5.58 Å². The van der Waals surface area contributed by atoms with E-state index < -0.39 is 0 Å². The molecule has 0 atom stereocenters. The molecule has 0 bridgehead atoms. The summed E-state index contributed by atoms with van der Waals surface area (Å²) in [5.41, 5.74) is 1.73. The van der Waals surface area contributed by atoms with Gasteiger partial charge in [0.2, 0.25) is 0 Å². The fraction of sp³-hybridized carbons (Fsp3) is 0.318. The number of rotatable bonds is 6. The molecule has 0 spiro atoms. The van der Waals surface area contributed by atoms with Gasteiger partial charge < -0.3 is 14.6 Å². The number of furan rings is 1. The van der Waals surface area contributed by atoms with E-state index in [1.54, 1.807) is 6.07 Å². The van der Waals surface area contributed by atoms with Gasteiger partial charge >= 0.3 is 0 Å². The van der Waals surface area contributed by atoms with Crippen LogP contribution in [0, 0.1) is 0 Å². The van der Waals surface area contributed by atoms with E-state index in [1.807, 2.05) is 42.5 Å². The van der Waals surface area contributed by atoms with Gasteiger partial charge in [0.05, 0.1) is 15.7 Å². The molecule has 152 valence electrons. The lowest BCUT2D eigenvalue weighted by Crippen LogP contribution is -2.47. The molecule has 3 aromatic rings. The highest BCUT2D eigenvalue weighted by atomic mass is 35.5. The number of hydrogen-bond donors (Lipinski definition) is 1. The van der Waals surface area contributed by atoms with Gasteiger partial charge in [-0.15, -0.1) is 0 Å². The van der Waals surface area contributed by atoms with E-state index in [-0.39, 0.29) is 5.91 Å². The predicted octanol–water partition coefficient (Wildman–Crippen LogP) is 4.68. The number of nitrogens with one attached hydrogen (secondary N) is 1. The van der Waals surface area contributed by atoms with E-state index in [0.29, 0.717) is 22.4 Å². The summed E-state index contributed by atoms with van der Waals surface area (Å²) in [5, 5.41) is 5.10. The van der Waals surface area contributed by atoms with E-state index in [9.17, 15) is 4.79 Å². The van der Waals surface area contributed by atoms with Gasteiger partial charge in [0.15, 0.2) is 5.76 Å². The van der Waals surface area contributed by atoms with Crippen LogP contribution in [0.4, 0.5) is 5.69 Å². The quantitative estimate of drug-likeness (QED) is 0.575. The molecular weight excluding hydrogens is 409 g/mol. The molecule has 0 unspecified atom stereocenters. The Hall–Kier alpha value is -2.21. The Morgan fingerprint density at radius 1 is 1.03 bits per heavy atom. The van der Waals surface area contributed by atoms with E-state index in [0.717, 1.165) is 55.8 Å². The van der Waals surface area contributed by atoms with Crippen LogP contribution in [0.3, 0.4) is 0 Å². The number of amides is 1. The highest BCUT2D eigenvalue weighted by Crippen LogP contribution is 2.32. The summed E-state index contributed by atoms with van der Waals surface area (Å²) in [7, 11) is 0. The third kappa shape index (κ3) is 4.69. The van der Waals surface area contributed by atoms with E-state index in [1.165, 1.54) is 0 Å². The van der Waals surface area contributed by atoms with E-state index in [2.05, 4.69) is 15.1 Å². The second-order valence-electron chi connectivity index (χ2n) is 7.16. The lowest BCUT2D eigenvalue weighted by Gasteiger charge is -2.36. The number of fused-ring (bicyclic) bond motifs is 1. The number of nitrogens with zero attached hydrogens (tertiary/aromatic N) is 2. The molecule has 1 aliphatic heterocycles. The third-order valence-electron chi connectivity index (χ3n) is 5.23. The SMILES string of the molecule is O=C(NCCCN1CCN(c2cccc(Cl)c2Cl)CC1)c1cc2ccccc2o1. The summed E-state index contributed by atoms with van der Waals surface area (Å²) in [5.74, 6) is 0.194. The zero-order chi connectivity index (χ0) is 20.2. The fourth-order valence-corrected chi connectivity index (χ4v) is 4.05. The first-order valence-electron chi connectivity index (χ1n) is 9.80. The number of para-hydroxylation sites is 1. The Bertz CT molecular complexity index is 964. The zero-order valence-electron chi connectivity index (χ0n) is 16.0. The van der Waals surface area contributed by atoms with Crippen LogP contribution in [-0.4, -0.2) is 50.1 Å². The van der Waals surface area contributed by atoms with Gasteiger partial charge in [-0.1, -0.05) is 47.5 Å². The maximum absolute atomic E-state index is 12.3. The van der Waals surface area contributed by atoms with Crippen LogP contribution >= 0.6 is 23.2 Å². The molecule has 1 saturated heterocycles. The molecule has 1 amide bonds. The molecule has 1 aromatic heterocycles. The molecule has 7 heteroatoms. The summed E-state index contributed by atoms with van der Waals surface area (Å²) in [4.78, 5) is 17.0. The Balaban J connectivity index is 1.20. The Labute approximate surface area is 180 Å². The smallest absolute Gasteiger partial charge is 0.287 e. The van der Waals surface area contributed by atoms with Crippen molar-refractivity contribution in [1.82, 2.24) is 10.2 Å². The standard InChI is InChI=1S/C22H23Cl2N3O2/c23-17-6-3-7-18(21(17)24)27-13-11-26(12-14-27)10-4-9-25-22(28)20-15-16-5-1-2-8-19(16)29-20/h1-3,5-8,15H,4,9-14H2,(H,25,28). The molecular formula is C22H23Cl2N3O2.